The highest BCUT2D eigenvalue weighted by atomic mass is 32.2. The van der Waals surface area contributed by atoms with E-state index in [1.165, 1.54) is 0 Å². The van der Waals surface area contributed by atoms with E-state index in [0.29, 0.717) is 13.2 Å². The third-order valence-corrected chi connectivity index (χ3v) is 3.65. The minimum absolute atomic E-state index is 0.0121. The van der Waals surface area contributed by atoms with Gasteiger partial charge in [-0.15, -0.1) is 11.8 Å². The van der Waals surface area contributed by atoms with Crippen LogP contribution in [0.3, 0.4) is 0 Å². The summed E-state index contributed by atoms with van der Waals surface area (Å²) < 4.78 is 10.4. The Morgan fingerprint density at radius 1 is 1.42 bits per heavy atom. The van der Waals surface area contributed by atoms with E-state index in [1.807, 2.05) is 24.3 Å². The lowest BCUT2D eigenvalue weighted by molar-refractivity contribution is -0.117. The Kier molecular flexibility index (Phi) is 5.50. The van der Waals surface area contributed by atoms with Crippen LogP contribution in [0.2, 0.25) is 0 Å². The fraction of sp³-hybridized carbons (Fsp3) is 0.462. The highest BCUT2D eigenvalue weighted by Gasteiger charge is 2.22. The number of benzene rings is 1. The van der Waals surface area contributed by atoms with E-state index in [4.69, 9.17) is 9.47 Å². The van der Waals surface area contributed by atoms with Gasteiger partial charge in [-0.1, -0.05) is 0 Å². The average Bonchev–Trinajstić information content (AvgIpc) is 2.95. The number of nitrogens with one attached hydrogen (secondary N) is 2. The highest BCUT2D eigenvalue weighted by molar-refractivity contribution is 7.99. The highest BCUT2D eigenvalue weighted by Crippen LogP contribution is 2.17. The summed E-state index contributed by atoms with van der Waals surface area (Å²) in [5.74, 6) is 2.44. The standard InChI is InChI=1S/C13H18N2O3S/c1-17-6-7-18-11-4-2-10(3-5-11)15-13(16)12-8-19-9-14-12/h2-5,12,14H,6-9H2,1H3,(H,15,16). The lowest BCUT2D eigenvalue weighted by Gasteiger charge is -2.11. The van der Waals surface area contributed by atoms with Gasteiger partial charge in [0.25, 0.3) is 0 Å². The number of hydrogen-bond acceptors (Lipinski definition) is 5. The molecule has 2 N–H and O–H groups in total. The molecule has 0 aromatic heterocycles. The maximum Gasteiger partial charge on any atom is 0.242 e. The van der Waals surface area contributed by atoms with Crippen molar-refractivity contribution in [2.45, 2.75) is 6.04 Å². The average molecular weight is 282 g/mol. The van der Waals surface area contributed by atoms with Crippen LogP contribution >= 0.6 is 11.8 Å². The van der Waals surface area contributed by atoms with Gasteiger partial charge in [0.05, 0.1) is 12.6 Å². The topological polar surface area (TPSA) is 59.6 Å². The summed E-state index contributed by atoms with van der Waals surface area (Å²) in [4.78, 5) is 11.9. The van der Waals surface area contributed by atoms with E-state index in [-0.39, 0.29) is 11.9 Å². The fourth-order valence-electron chi connectivity index (χ4n) is 1.67. The van der Waals surface area contributed by atoms with Crippen LogP contribution in [-0.2, 0) is 9.53 Å². The second-order valence-electron chi connectivity index (χ2n) is 4.13. The van der Waals surface area contributed by atoms with E-state index in [9.17, 15) is 4.79 Å². The number of carbonyl (C=O) groups is 1. The van der Waals surface area contributed by atoms with E-state index < -0.39 is 0 Å². The number of carbonyl (C=O) groups excluding carboxylic acids is 1. The number of rotatable bonds is 6. The van der Waals surface area contributed by atoms with E-state index in [1.54, 1.807) is 18.9 Å². The lowest BCUT2D eigenvalue weighted by Crippen LogP contribution is -2.37. The number of anilines is 1. The van der Waals surface area contributed by atoms with Crippen LogP contribution in [0.25, 0.3) is 0 Å². The summed E-state index contributed by atoms with van der Waals surface area (Å²) in [6.45, 7) is 1.08. The molecule has 0 spiro atoms. The molecule has 2 rings (SSSR count). The Bertz CT molecular complexity index is 405. The minimum Gasteiger partial charge on any atom is -0.491 e. The smallest absolute Gasteiger partial charge is 0.242 e. The van der Waals surface area contributed by atoms with Crippen LogP contribution in [0, 0.1) is 0 Å². The van der Waals surface area contributed by atoms with Gasteiger partial charge in [-0.2, -0.15) is 0 Å². The molecule has 104 valence electrons. The van der Waals surface area contributed by atoms with Crippen molar-refractivity contribution >= 4 is 23.4 Å². The first kappa shape index (κ1) is 14.2. The zero-order chi connectivity index (χ0) is 13.5. The van der Waals surface area contributed by atoms with Gasteiger partial charge in [0.1, 0.15) is 12.4 Å². The van der Waals surface area contributed by atoms with Crippen LogP contribution in [0.5, 0.6) is 5.75 Å². The first-order valence-corrected chi connectivity index (χ1v) is 7.29. The molecular weight excluding hydrogens is 264 g/mol. The molecule has 6 heteroatoms. The molecule has 1 unspecified atom stereocenters. The van der Waals surface area contributed by atoms with Crippen LogP contribution in [0.15, 0.2) is 24.3 Å². The summed E-state index contributed by atoms with van der Waals surface area (Å²) in [5.41, 5.74) is 0.780. The Morgan fingerprint density at radius 2 is 2.21 bits per heavy atom. The van der Waals surface area contributed by atoms with Gasteiger partial charge in [0.15, 0.2) is 0 Å². The molecular formula is C13H18N2O3S. The van der Waals surface area contributed by atoms with Crippen molar-refractivity contribution in [1.29, 1.82) is 0 Å². The number of amides is 1. The third kappa shape index (κ3) is 4.41. The molecule has 19 heavy (non-hydrogen) atoms. The van der Waals surface area contributed by atoms with Crippen LogP contribution < -0.4 is 15.4 Å². The second-order valence-corrected chi connectivity index (χ2v) is 5.16. The summed E-state index contributed by atoms with van der Waals surface area (Å²) in [6, 6.07) is 7.25. The molecule has 1 aliphatic heterocycles. The monoisotopic (exact) mass is 282 g/mol. The fourth-order valence-corrected chi connectivity index (χ4v) is 2.61. The summed E-state index contributed by atoms with van der Waals surface area (Å²) in [5, 5.41) is 6.02. The first-order valence-electron chi connectivity index (χ1n) is 6.13. The summed E-state index contributed by atoms with van der Waals surface area (Å²) >= 11 is 1.73. The minimum atomic E-state index is -0.0948. The molecule has 0 aliphatic carbocycles. The predicted octanol–water partition coefficient (Wildman–Crippen LogP) is 1.31. The van der Waals surface area contributed by atoms with Gasteiger partial charge in [0.2, 0.25) is 5.91 Å². The van der Waals surface area contributed by atoms with Crippen molar-refractivity contribution in [3.05, 3.63) is 24.3 Å². The summed E-state index contributed by atoms with van der Waals surface area (Å²) in [6.07, 6.45) is 0. The quantitative estimate of drug-likeness (QED) is 0.771. The van der Waals surface area contributed by atoms with Gasteiger partial charge in [-0.05, 0) is 24.3 Å². The van der Waals surface area contributed by atoms with Gasteiger partial charge in [0, 0.05) is 24.4 Å². The van der Waals surface area contributed by atoms with Crippen LogP contribution in [0.1, 0.15) is 0 Å². The Hall–Kier alpha value is -1.24. The molecule has 0 saturated carbocycles. The molecule has 1 atom stereocenters. The SMILES string of the molecule is COCCOc1ccc(NC(=O)C2CSCN2)cc1. The molecule has 1 amide bonds. The number of ether oxygens (including phenoxy) is 2. The number of hydrogen-bond donors (Lipinski definition) is 2. The molecule has 1 aromatic rings. The molecule has 1 heterocycles. The van der Waals surface area contributed by atoms with Crippen molar-refractivity contribution in [3.63, 3.8) is 0 Å². The zero-order valence-corrected chi connectivity index (χ0v) is 11.7. The van der Waals surface area contributed by atoms with Crippen molar-refractivity contribution < 1.29 is 14.3 Å². The van der Waals surface area contributed by atoms with E-state index in [0.717, 1.165) is 23.1 Å². The maximum atomic E-state index is 11.9. The van der Waals surface area contributed by atoms with Gasteiger partial charge in [-0.3, -0.25) is 10.1 Å². The Labute approximate surface area is 117 Å². The van der Waals surface area contributed by atoms with Gasteiger partial charge >= 0.3 is 0 Å². The maximum absolute atomic E-state index is 11.9. The number of methoxy groups -OCH3 is 1. The second kappa shape index (κ2) is 7.37. The van der Waals surface area contributed by atoms with Crippen molar-refractivity contribution in [2.24, 2.45) is 0 Å². The summed E-state index contributed by atoms with van der Waals surface area (Å²) in [7, 11) is 1.64. The van der Waals surface area contributed by atoms with Crippen LogP contribution in [0.4, 0.5) is 5.69 Å². The molecule has 0 bridgehead atoms. The van der Waals surface area contributed by atoms with E-state index >= 15 is 0 Å². The van der Waals surface area contributed by atoms with Crippen molar-refractivity contribution in [3.8, 4) is 5.75 Å². The van der Waals surface area contributed by atoms with Crippen molar-refractivity contribution in [2.75, 3.05) is 37.3 Å². The Morgan fingerprint density at radius 3 is 2.84 bits per heavy atom. The van der Waals surface area contributed by atoms with Gasteiger partial charge < -0.3 is 14.8 Å². The number of thioether (sulfide) groups is 1. The molecule has 1 aliphatic rings. The Balaban J connectivity index is 1.82. The van der Waals surface area contributed by atoms with Crippen LogP contribution in [-0.4, -0.2) is 43.9 Å². The van der Waals surface area contributed by atoms with Gasteiger partial charge in [-0.25, -0.2) is 0 Å². The predicted molar refractivity (Wildman–Crippen MR) is 76.7 cm³/mol. The molecule has 1 fully saturated rings. The molecule has 1 saturated heterocycles. The van der Waals surface area contributed by atoms with Crippen molar-refractivity contribution in [1.82, 2.24) is 5.32 Å². The normalized spacial score (nSPS) is 18.3. The molecule has 0 radical (unpaired) electrons. The zero-order valence-electron chi connectivity index (χ0n) is 10.8. The lowest BCUT2D eigenvalue weighted by atomic mass is 10.2. The molecule has 1 aromatic carbocycles. The van der Waals surface area contributed by atoms with E-state index in [2.05, 4.69) is 10.6 Å². The third-order valence-electron chi connectivity index (χ3n) is 2.71. The molecule has 5 nitrogen and oxygen atoms in total. The largest absolute Gasteiger partial charge is 0.491 e. The first-order chi connectivity index (χ1) is 9.29.